The van der Waals surface area contributed by atoms with E-state index in [1.807, 2.05) is 13.0 Å². The van der Waals surface area contributed by atoms with Crippen molar-refractivity contribution in [3.05, 3.63) is 46.9 Å². The van der Waals surface area contributed by atoms with Gasteiger partial charge in [-0.2, -0.15) is 10.5 Å². The molecular formula is C31H34N6O. The summed E-state index contributed by atoms with van der Waals surface area (Å²) in [5.74, 6) is 2.49. The van der Waals surface area contributed by atoms with Crippen LogP contribution in [0.2, 0.25) is 0 Å². The van der Waals surface area contributed by atoms with Gasteiger partial charge in [-0.05, 0) is 75.0 Å². The van der Waals surface area contributed by atoms with Crippen LogP contribution >= 0.6 is 0 Å². The van der Waals surface area contributed by atoms with Gasteiger partial charge < -0.3 is 9.80 Å². The van der Waals surface area contributed by atoms with Crippen LogP contribution in [0.25, 0.3) is 17.2 Å². The lowest BCUT2D eigenvalue weighted by atomic mass is 9.82. The maximum Gasteiger partial charge on any atom is 0.223 e. The third-order valence-electron chi connectivity index (χ3n) is 8.95. The Hall–Kier alpha value is -3.71. The van der Waals surface area contributed by atoms with Gasteiger partial charge in [-0.15, -0.1) is 0 Å². The Balaban J connectivity index is 1.38. The zero-order valence-corrected chi connectivity index (χ0v) is 22.1. The van der Waals surface area contributed by atoms with E-state index in [9.17, 15) is 15.3 Å². The lowest BCUT2D eigenvalue weighted by Crippen LogP contribution is -2.57. The van der Waals surface area contributed by atoms with Gasteiger partial charge in [-0.25, -0.2) is 4.98 Å². The van der Waals surface area contributed by atoms with E-state index in [2.05, 4.69) is 33.5 Å². The number of nitriles is 2. The SMILES string of the molecule is C=Cc1cc(-c2c(C3CC3)nc(N3CCN(C(=O)CC4CCC4)C(C4CC4)C3)c(C#N)c2C)c(C#N)cn1. The van der Waals surface area contributed by atoms with E-state index in [0.29, 0.717) is 60.0 Å². The molecule has 0 radical (unpaired) electrons. The Morgan fingerprint density at radius 3 is 2.55 bits per heavy atom. The molecule has 3 saturated carbocycles. The third-order valence-corrected chi connectivity index (χ3v) is 8.95. The molecule has 1 aliphatic heterocycles. The summed E-state index contributed by atoms with van der Waals surface area (Å²) in [6.45, 7) is 7.92. The molecule has 1 atom stereocenters. The van der Waals surface area contributed by atoms with Gasteiger partial charge in [0.05, 0.1) is 28.6 Å². The lowest BCUT2D eigenvalue weighted by molar-refractivity contribution is -0.136. The van der Waals surface area contributed by atoms with Crippen molar-refractivity contribution in [3.8, 4) is 23.3 Å². The van der Waals surface area contributed by atoms with Crippen LogP contribution in [0, 0.1) is 41.4 Å². The van der Waals surface area contributed by atoms with Crippen molar-refractivity contribution in [2.45, 2.75) is 70.3 Å². The number of nitrogens with zero attached hydrogens (tertiary/aromatic N) is 6. The molecule has 0 bridgehead atoms. The van der Waals surface area contributed by atoms with Crippen LogP contribution in [0.15, 0.2) is 18.8 Å². The molecule has 38 heavy (non-hydrogen) atoms. The second kappa shape index (κ2) is 9.87. The summed E-state index contributed by atoms with van der Waals surface area (Å²) in [6.07, 6.45) is 12.0. The average molecular weight is 507 g/mol. The average Bonchev–Trinajstić information content (AvgIpc) is 3.83. The van der Waals surface area contributed by atoms with Crippen LogP contribution in [-0.2, 0) is 4.79 Å². The first-order valence-corrected chi connectivity index (χ1v) is 14.0. The van der Waals surface area contributed by atoms with Crippen molar-refractivity contribution in [2.24, 2.45) is 11.8 Å². The normalized spacial score (nSPS) is 21.4. The molecule has 6 rings (SSSR count). The van der Waals surface area contributed by atoms with Crippen molar-refractivity contribution >= 4 is 17.8 Å². The summed E-state index contributed by atoms with van der Waals surface area (Å²) < 4.78 is 0. The van der Waals surface area contributed by atoms with Crippen LogP contribution < -0.4 is 4.90 Å². The third kappa shape index (κ3) is 4.45. The van der Waals surface area contributed by atoms with Crippen molar-refractivity contribution in [3.63, 3.8) is 0 Å². The minimum atomic E-state index is 0.189. The van der Waals surface area contributed by atoms with Crippen LogP contribution in [0.3, 0.4) is 0 Å². The molecule has 3 heterocycles. The number of anilines is 1. The second-order valence-corrected chi connectivity index (χ2v) is 11.5. The van der Waals surface area contributed by atoms with Gasteiger partial charge in [0.2, 0.25) is 5.91 Å². The van der Waals surface area contributed by atoms with Gasteiger partial charge in [-0.3, -0.25) is 9.78 Å². The maximum atomic E-state index is 13.2. The van der Waals surface area contributed by atoms with E-state index < -0.39 is 0 Å². The predicted molar refractivity (Wildman–Crippen MR) is 146 cm³/mol. The number of carbonyl (C=O) groups is 1. The van der Waals surface area contributed by atoms with E-state index in [1.54, 1.807) is 12.3 Å². The number of pyridine rings is 2. The molecule has 4 aliphatic rings. The number of piperazine rings is 1. The summed E-state index contributed by atoms with van der Waals surface area (Å²) in [5, 5.41) is 20.2. The van der Waals surface area contributed by atoms with Crippen molar-refractivity contribution in [1.29, 1.82) is 10.5 Å². The topological polar surface area (TPSA) is 96.9 Å². The van der Waals surface area contributed by atoms with Crippen LogP contribution in [0.1, 0.15) is 85.4 Å². The van der Waals surface area contributed by atoms with Crippen LogP contribution in [0.4, 0.5) is 5.82 Å². The monoisotopic (exact) mass is 506 g/mol. The summed E-state index contributed by atoms with van der Waals surface area (Å²) in [4.78, 5) is 27.1. The number of hydrogen-bond donors (Lipinski definition) is 0. The Bertz CT molecular complexity index is 1370. The minimum Gasteiger partial charge on any atom is -0.352 e. The van der Waals surface area contributed by atoms with Crippen molar-refractivity contribution in [2.75, 3.05) is 24.5 Å². The Morgan fingerprint density at radius 2 is 1.95 bits per heavy atom. The molecule has 1 unspecified atom stereocenters. The fourth-order valence-corrected chi connectivity index (χ4v) is 6.20. The Kier molecular flexibility index (Phi) is 6.40. The standard InChI is InChI=1S/C31H34N6O/c1-3-24-14-25(23(15-32)17-34-24)29-19(2)26(16-33)31(35-30(29)22-9-10-22)36-11-12-37(27(18-36)21-7-8-21)28(38)13-20-5-4-6-20/h3,14,17,20-22,27H,1,4-13,18H2,2H3. The van der Waals surface area contributed by atoms with Crippen molar-refractivity contribution in [1.82, 2.24) is 14.9 Å². The van der Waals surface area contributed by atoms with Gasteiger partial charge in [-0.1, -0.05) is 13.0 Å². The summed E-state index contributed by atoms with van der Waals surface area (Å²) in [7, 11) is 0. The smallest absolute Gasteiger partial charge is 0.223 e. The van der Waals surface area contributed by atoms with Gasteiger partial charge in [0.15, 0.2) is 0 Å². The Morgan fingerprint density at radius 1 is 1.16 bits per heavy atom. The second-order valence-electron chi connectivity index (χ2n) is 11.5. The first-order chi connectivity index (χ1) is 18.5. The minimum absolute atomic E-state index is 0.189. The predicted octanol–water partition coefficient (Wildman–Crippen LogP) is 5.33. The lowest BCUT2D eigenvalue weighted by Gasteiger charge is -2.43. The molecule has 3 aliphatic carbocycles. The molecule has 7 heteroatoms. The quantitative estimate of drug-likeness (QED) is 0.503. The summed E-state index contributed by atoms with van der Waals surface area (Å²) in [5.41, 5.74) is 5.24. The van der Waals surface area contributed by atoms with Crippen LogP contribution in [0.5, 0.6) is 0 Å². The molecule has 4 fully saturated rings. The largest absolute Gasteiger partial charge is 0.352 e. The molecular weight excluding hydrogens is 472 g/mol. The van der Waals surface area contributed by atoms with Crippen LogP contribution in [-0.4, -0.2) is 46.5 Å². The number of aromatic nitrogens is 2. The van der Waals surface area contributed by atoms with E-state index in [-0.39, 0.29) is 6.04 Å². The molecule has 2 aromatic heterocycles. The molecule has 0 spiro atoms. The highest BCUT2D eigenvalue weighted by molar-refractivity contribution is 5.81. The fraction of sp³-hybridized carbons (Fsp3) is 0.516. The van der Waals surface area contributed by atoms with Gasteiger partial charge in [0, 0.05) is 49.3 Å². The Labute approximate surface area is 224 Å². The highest BCUT2D eigenvalue weighted by Crippen LogP contribution is 2.47. The molecule has 1 amide bonds. The molecule has 1 saturated heterocycles. The number of carbonyl (C=O) groups excluding carboxylic acids is 1. The summed E-state index contributed by atoms with van der Waals surface area (Å²) >= 11 is 0. The molecule has 0 aromatic carbocycles. The first-order valence-electron chi connectivity index (χ1n) is 14.0. The fourth-order valence-electron chi connectivity index (χ4n) is 6.20. The number of amides is 1. The maximum absolute atomic E-state index is 13.2. The molecule has 2 aromatic rings. The number of hydrogen-bond acceptors (Lipinski definition) is 6. The van der Waals surface area contributed by atoms with E-state index in [0.717, 1.165) is 47.6 Å². The highest BCUT2D eigenvalue weighted by Gasteiger charge is 2.42. The first kappa shape index (κ1) is 24.6. The van der Waals surface area contributed by atoms with Gasteiger partial charge >= 0.3 is 0 Å². The number of rotatable bonds is 7. The van der Waals surface area contributed by atoms with E-state index in [4.69, 9.17) is 4.98 Å². The zero-order chi connectivity index (χ0) is 26.4. The van der Waals surface area contributed by atoms with E-state index in [1.165, 1.54) is 32.1 Å². The van der Waals surface area contributed by atoms with E-state index >= 15 is 0 Å². The summed E-state index contributed by atoms with van der Waals surface area (Å²) in [6, 6.07) is 6.81. The zero-order valence-electron chi connectivity index (χ0n) is 22.1. The molecule has 7 nitrogen and oxygen atoms in total. The molecule has 194 valence electrons. The van der Waals surface area contributed by atoms with Gasteiger partial charge in [0.1, 0.15) is 18.0 Å². The van der Waals surface area contributed by atoms with Gasteiger partial charge in [0.25, 0.3) is 0 Å². The highest BCUT2D eigenvalue weighted by atomic mass is 16.2. The molecule has 0 N–H and O–H groups in total. The van der Waals surface area contributed by atoms with Crippen molar-refractivity contribution < 1.29 is 4.79 Å².